The molecule has 1 atom stereocenters. The number of unbranched alkanes of at least 4 members (excludes halogenated alkanes) is 1. The van der Waals surface area contributed by atoms with Gasteiger partial charge in [-0.3, -0.25) is 10.1 Å². The number of aryl methyl sites for hydroxylation is 1. The van der Waals surface area contributed by atoms with Gasteiger partial charge in [-0.15, -0.1) is 0 Å². The molecule has 4 heteroatoms. The lowest BCUT2D eigenvalue weighted by molar-refractivity contribution is -0.384. The summed E-state index contributed by atoms with van der Waals surface area (Å²) in [6.07, 6.45) is 4.90. The number of non-ortho nitro benzene ring substituents is 1. The molecule has 0 aliphatic carbocycles. The van der Waals surface area contributed by atoms with Crippen LogP contribution in [0.1, 0.15) is 45.1 Å². The summed E-state index contributed by atoms with van der Waals surface area (Å²) < 4.78 is 0. The zero-order chi connectivity index (χ0) is 14.3. The van der Waals surface area contributed by atoms with Crippen molar-refractivity contribution in [2.24, 2.45) is 5.92 Å². The van der Waals surface area contributed by atoms with Gasteiger partial charge in [-0.05, 0) is 30.9 Å². The Labute approximate surface area is 115 Å². The Morgan fingerprint density at radius 3 is 2.63 bits per heavy atom. The SMILES string of the molecule is CCCCC(CC)CNc1ccc([N+](=O)[O-])cc1C. The third kappa shape index (κ3) is 4.89. The molecule has 1 aromatic carbocycles. The Bertz CT molecular complexity index is 419. The summed E-state index contributed by atoms with van der Waals surface area (Å²) in [6.45, 7) is 7.27. The van der Waals surface area contributed by atoms with Crippen LogP contribution >= 0.6 is 0 Å². The highest BCUT2D eigenvalue weighted by Crippen LogP contribution is 2.22. The molecule has 106 valence electrons. The number of nitrogens with one attached hydrogen (secondary N) is 1. The third-order valence-electron chi connectivity index (χ3n) is 3.55. The van der Waals surface area contributed by atoms with Crippen LogP contribution in [-0.4, -0.2) is 11.5 Å². The van der Waals surface area contributed by atoms with Gasteiger partial charge in [0, 0.05) is 24.4 Å². The van der Waals surface area contributed by atoms with Crippen molar-refractivity contribution in [2.45, 2.75) is 46.5 Å². The van der Waals surface area contributed by atoms with Gasteiger partial charge in [0.2, 0.25) is 0 Å². The van der Waals surface area contributed by atoms with Crippen LogP contribution in [0.15, 0.2) is 18.2 Å². The smallest absolute Gasteiger partial charge is 0.269 e. The van der Waals surface area contributed by atoms with E-state index in [1.54, 1.807) is 18.2 Å². The molecule has 1 N–H and O–H groups in total. The fourth-order valence-corrected chi connectivity index (χ4v) is 2.16. The molecule has 0 aliphatic heterocycles. The monoisotopic (exact) mass is 264 g/mol. The predicted molar refractivity (Wildman–Crippen MR) is 79.6 cm³/mol. The Kier molecular flexibility index (Phi) is 6.33. The number of benzene rings is 1. The quantitative estimate of drug-likeness (QED) is 0.554. The number of nitro benzene ring substituents is 1. The standard InChI is InChI=1S/C15H24N2O2/c1-4-6-7-13(5-2)11-16-15-9-8-14(17(18)19)10-12(15)3/h8-10,13,16H,4-7,11H2,1-3H3. The lowest BCUT2D eigenvalue weighted by Crippen LogP contribution is -2.14. The predicted octanol–water partition coefficient (Wildman–Crippen LogP) is 4.53. The van der Waals surface area contributed by atoms with Crippen LogP contribution in [0.25, 0.3) is 0 Å². The molecule has 0 fully saturated rings. The van der Waals surface area contributed by atoms with E-state index in [0.717, 1.165) is 17.8 Å². The molecule has 0 heterocycles. The first kappa shape index (κ1) is 15.5. The molecule has 1 aromatic rings. The van der Waals surface area contributed by atoms with Crippen LogP contribution in [0.3, 0.4) is 0 Å². The molecule has 19 heavy (non-hydrogen) atoms. The van der Waals surface area contributed by atoms with E-state index in [-0.39, 0.29) is 10.6 Å². The Morgan fingerprint density at radius 1 is 1.37 bits per heavy atom. The van der Waals surface area contributed by atoms with Gasteiger partial charge in [0.15, 0.2) is 0 Å². The first-order valence-electron chi connectivity index (χ1n) is 7.07. The molecule has 0 aromatic heterocycles. The van der Waals surface area contributed by atoms with E-state index in [1.165, 1.54) is 25.7 Å². The van der Waals surface area contributed by atoms with E-state index in [0.29, 0.717) is 5.92 Å². The second-order valence-electron chi connectivity index (χ2n) is 5.05. The zero-order valence-electron chi connectivity index (χ0n) is 12.1. The average molecular weight is 264 g/mol. The maximum Gasteiger partial charge on any atom is 0.269 e. The summed E-state index contributed by atoms with van der Waals surface area (Å²) in [4.78, 5) is 10.3. The second kappa shape index (κ2) is 7.77. The van der Waals surface area contributed by atoms with Crippen molar-refractivity contribution >= 4 is 11.4 Å². The highest BCUT2D eigenvalue weighted by molar-refractivity contribution is 5.55. The maximum atomic E-state index is 10.7. The van der Waals surface area contributed by atoms with E-state index in [1.807, 2.05) is 6.92 Å². The van der Waals surface area contributed by atoms with Gasteiger partial charge in [0.1, 0.15) is 0 Å². The molecule has 0 radical (unpaired) electrons. The zero-order valence-corrected chi connectivity index (χ0v) is 12.1. The van der Waals surface area contributed by atoms with Crippen LogP contribution in [0.2, 0.25) is 0 Å². The minimum atomic E-state index is -0.354. The lowest BCUT2D eigenvalue weighted by Gasteiger charge is -2.17. The molecule has 0 spiro atoms. The molecule has 4 nitrogen and oxygen atoms in total. The number of anilines is 1. The number of rotatable bonds is 8. The molecular weight excluding hydrogens is 240 g/mol. The van der Waals surface area contributed by atoms with E-state index in [4.69, 9.17) is 0 Å². The number of hydrogen-bond acceptors (Lipinski definition) is 3. The normalized spacial score (nSPS) is 12.2. The first-order chi connectivity index (χ1) is 9.08. The Balaban J connectivity index is 2.59. The highest BCUT2D eigenvalue weighted by Gasteiger charge is 2.10. The molecule has 0 aliphatic rings. The van der Waals surface area contributed by atoms with Gasteiger partial charge in [0.25, 0.3) is 5.69 Å². The van der Waals surface area contributed by atoms with Crippen LogP contribution in [0, 0.1) is 23.0 Å². The van der Waals surface area contributed by atoms with Crippen LogP contribution < -0.4 is 5.32 Å². The topological polar surface area (TPSA) is 55.2 Å². The van der Waals surface area contributed by atoms with Crippen LogP contribution in [0.4, 0.5) is 11.4 Å². The molecule has 1 unspecified atom stereocenters. The first-order valence-corrected chi connectivity index (χ1v) is 7.07. The molecule has 1 rings (SSSR count). The van der Waals surface area contributed by atoms with Gasteiger partial charge in [0.05, 0.1) is 4.92 Å². The Hall–Kier alpha value is -1.58. The van der Waals surface area contributed by atoms with E-state index >= 15 is 0 Å². The molecular formula is C15H24N2O2. The number of nitro groups is 1. The van der Waals surface area contributed by atoms with Crippen molar-refractivity contribution in [1.29, 1.82) is 0 Å². The second-order valence-corrected chi connectivity index (χ2v) is 5.05. The Morgan fingerprint density at radius 2 is 2.11 bits per heavy atom. The minimum Gasteiger partial charge on any atom is -0.385 e. The summed E-state index contributed by atoms with van der Waals surface area (Å²) >= 11 is 0. The van der Waals surface area contributed by atoms with E-state index < -0.39 is 0 Å². The largest absolute Gasteiger partial charge is 0.385 e. The van der Waals surface area contributed by atoms with E-state index in [2.05, 4.69) is 19.2 Å². The number of nitrogens with zero attached hydrogens (tertiary/aromatic N) is 1. The van der Waals surface area contributed by atoms with Crippen molar-refractivity contribution in [3.63, 3.8) is 0 Å². The van der Waals surface area contributed by atoms with Crippen LogP contribution in [0.5, 0.6) is 0 Å². The number of hydrogen-bond donors (Lipinski definition) is 1. The fraction of sp³-hybridized carbons (Fsp3) is 0.600. The van der Waals surface area contributed by atoms with Crippen molar-refractivity contribution in [3.8, 4) is 0 Å². The summed E-state index contributed by atoms with van der Waals surface area (Å²) in [5.41, 5.74) is 2.08. The van der Waals surface area contributed by atoms with Crippen molar-refractivity contribution in [3.05, 3.63) is 33.9 Å². The van der Waals surface area contributed by atoms with Crippen molar-refractivity contribution in [2.75, 3.05) is 11.9 Å². The molecule has 0 bridgehead atoms. The summed E-state index contributed by atoms with van der Waals surface area (Å²) in [5.74, 6) is 0.676. The summed E-state index contributed by atoms with van der Waals surface area (Å²) in [6, 6.07) is 4.98. The minimum absolute atomic E-state index is 0.154. The lowest BCUT2D eigenvalue weighted by atomic mass is 9.99. The third-order valence-corrected chi connectivity index (χ3v) is 3.55. The van der Waals surface area contributed by atoms with Gasteiger partial charge < -0.3 is 5.32 Å². The molecule has 0 saturated heterocycles. The van der Waals surface area contributed by atoms with E-state index in [9.17, 15) is 10.1 Å². The van der Waals surface area contributed by atoms with Gasteiger partial charge in [-0.1, -0.05) is 33.1 Å². The maximum absolute atomic E-state index is 10.7. The fourth-order valence-electron chi connectivity index (χ4n) is 2.16. The summed E-state index contributed by atoms with van der Waals surface area (Å²) in [5, 5.41) is 14.1. The van der Waals surface area contributed by atoms with Crippen molar-refractivity contribution < 1.29 is 4.92 Å². The highest BCUT2D eigenvalue weighted by atomic mass is 16.6. The molecule has 0 amide bonds. The van der Waals surface area contributed by atoms with Gasteiger partial charge in [-0.25, -0.2) is 0 Å². The van der Waals surface area contributed by atoms with Gasteiger partial charge >= 0.3 is 0 Å². The van der Waals surface area contributed by atoms with Crippen molar-refractivity contribution in [1.82, 2.24) is 0 Å². The summed E-state index contributed by atoms with van der Waals surface area (Å²) in [7, 11) is 0. The van der Waals surface area contributed by atoms with Gasteiger partial charge in [-0.2, -0.15) is 0 Å². The molecule has 0 saturated carbocycles. The average Bonchev–Trinajstić information content (AvgIpc) is 2.40. The van der Waals surface area contributed by atoms with Crippen LogP contribution in [-0.2, 0) is 0 Å².